The summed E-state index contributed by atoms with van der Waals surface area (Å²) in [6, 6.07) is 17.7. The van der Waals surface area contributed by atoms with Gasteiger partial charge in [0, 0.05) is 19.6 Å². The van der Waals surface area contributed by atoms with Gasteiger partial charge in [-0.15, -0.1) is 0 Å². The van der Waals surface area contributed by atoms with Crippen molar-refractivity contribution in [1.82, 2.24) is 25.3 Å². The van der Waals surface area contributed by atoms with Gasteiger partial charge >= 0.3 is 0 Å². The topological polar surface area (TPSA) is 71.4 Å². The van der Waals surface area contributed by atoms with Crippen molar-refractivity contribution in [3.63, 3.8) is 0 Å². The van der Waals surface area contributed by atoms with Crippen LogP contribution in [0.2, 0.25) is 0 Å². The zero-order valence-corrected chi connectivity index (χ0v) is 16.8. The second-order valence-corrected chi connectivity index (χ2v) is 7.45. The number of amides is 1. The first-order valence-corrected chi connectivity index (χ1v) is 9.97. The zero-order chi connectivity index (χ0) is 20.2. The van der Waals surface area contributed by atoms with Gasteiger partial charge in [-0.2, -0.15) is 0 Å². The van der Waals surface area contributed by atoms with Crippen LogP contribution in [-0.4, -0.2) is 52.6 Å². The van der Waals surface area contributed by atoms with Gasteiger partial charge in [-0.3, -0.25) is 10.2 Å². The third-order valence-electron chi connectivity index (χ3n) is 5.34. The van der Waals surface area contributed by atoms with Crippen LogP contribution < -0.4 is 15.6 Å². The summed E-state index contributed by atoms with van der Waals surface area (Å²) in [6.07, 6.45) is 0.731. The molecule has 2 aromatic carbocycles. The number of hydrogen-bond donors (Lipinski definition) is 2. The molecule has 2 N–H and O–H groups in total. The van der Waals surface area contributed by atoms with Crippen molar-refractivity contribution >= 4 is 16.9 Å². The largest absolute Gasteiger partial charge is 0.492 e. The fourth-order valence-corrected chi connectivity index (χ4v) is 3.74. The van der Waals surface area contributed by atoms with E-state index in [-0.39, 0.29) is 18.0 Å². The Morgan fingerprint density at radius 1 is 1.17 bits per heavy atom. The van der Waals surface area contributed by atoms with Crippen LogP contribution in [0.25, 0.3) is 11.0 Å². The molecule has 1 aliphatic heterocycles. The molecule has 0 spiro atoms. The highest BCUT2D eigenvalue weighted by atomic mass is 16.5. The van der Waals surface area contributed by atoms with Crippen molar-refractivity contribution in [1.29, 1.82) is 0 Å². The highest BCUT2D eigenvalue weighted by Gasteiger charge is 2.31. The number of para-hydroxylation sites is 3. The van der Waals surface area contributed by atoms with E-state index in [4.69, 9.17) is 4.74 Å². The molecule has 1 amide bonds. The number of carbonyl (C=O) groups is 1. The van der Waals surface area contributed by atoms with E-state index in [2.05, 4.69) is 26.5 Å². The maximum absolute atomic E-state index is 12.8. The molecule has 3 aromatic rings. The number of likely N-dealkylation sites (N-methyl/N-ethyl adjacent to an activating group) is 1. The van der Waals surface area contributed by atoms with Crippen LogP contribution in [0.3, 0.4) is 0 Å². The summed E-state index contributed by atoms with van der Waals surface area (Å²) in [5.41, 5.74) is 8.56. The Morgan fingerprint density at radius 2 is 1.93 bits per heavy atom. The van der Waals surface area contributed by atoms with Gasteiger partial charge in [0.2, 0.25) is 5.91 Å². The Kier molecular flexibility index (Phi) is 5.78. The first kappa shape index (κ1) is 19.4. The van der Waals surface area contributed by atoms with E-state index in [0.717, 1.165) is 35.6 Å². The molecule has 152 valence electrons. The summed E-state index contributed by atoms with van der Waals surface area (Å²) in [6.45, 7) is 3.80. The number of aryl methyl sites for hydroxylation is 1. The summed E-state index contributed by atoms with van der Waals surface area (Å²) >= 11 is 0. The Balaban J connectivity index is 1.29. The molecule has 1 aliphatic rings. The summed E-state index contributed by atoms with van der Waals surface area (Å²) in [4.78, 5) is 19.1. The number of hydrazine groups is 1. The monoisotopic (exact) mass is 393 g/mol. The second kappa shape index (κ2) is 8.63. The van der Waals surface area contributed by atoms with Crippen LogP contribution in [0.5, 0.6) is 5.75 Å². The van der Waals surface area contributed by atoms with Crippen molar-refractivity contribution < 1.29 is 9.53 Å². The molecule has 0 aliphatic carbocycles. The number of fused-ring (bicyclic) bond motifs is 1. The van der Waals surface area contributed by atoms with Gasteiger partial charge in [0.1, 0.15) is 24.2 Å². The van der Waals surface area contributed by atoms with Crippen LogP contribution in [0.15, 0.2) is 54.6 Å². The molecule has 0 radical (unpaired) electrons. The molecular formula is C22H27N5O2. The van der Waals surface area contributed by atoms with Gasteiger partial charge in [0.25, 0.3) is 0 Å². The first-order chi connectivity index (χ1) is 14.1. The van der Waals surface area contributed by atoms with Gasteiger partial charge in [0.15, 0.2) is 0 Å². The number of carbonyl (C=O) groups excluding carboxylic acids is 1. The van der Waals surface area contributed by atoms with E-state index < -0.39 is 0 Å². The van der Waals surface area contributed by atoms with Crippen molar-refractivity contribution in [2.75, 3.05) is 20.2 Å². The average molecular weight is 393 g/mol. The summed E-state index contributed by atoms with van der Waals surface area (Å²) < 4.78 is 7.90. The summed E-state index contributed by atoms with van der Waals surface area (Å²) in [7, 11) is 1.82. The van der Waals surface area contributed by atoms with E-state index in [9.17, 15) is 4.79 Å². The molecule has 2 unspecified atom stereocenters. The highest BCUT2D eigenvalue weighted by molar-refractivity contribution is 5.82. The Bertz CT molecular complexity index is 972. The fourth-order valence-electron chi connectivity index (χ4n) is 3.74. The molecule has 0 bridgehead atoms. The minimum absolute atomic E-state index is 0.0730. The minimum atomic E-state index is -0.239. The molecule has 29 heavy (non-hydrogen) atoms. The van der Waals surface area contributed by atoms with E-state index in [1.54, 1.807) is 4.90 Å². The molecule has 2 heterocycles. The number of rotatable bonds is 7. The second-order valence-electron chi connectivity index (χ2n) is 7.45. The Morgan fingerprint density at radius 3 is 2.76 bits per heavy atom. The Hall–Kier alpha value is -2.90. The van der Waals surface area contributed by atoms with Crippen LogP contribution in [0.1, 0.15) is 12.2 Å². The van der Waals surface area contributed by atoms with Gasteiger partial charge in [-0.05, 0) is 37.6 Å². The Labute approximate surface area is 170 Å². The number of benzene rings is 2. The van der Waals surface area contributed by atoms with Crippen molar-refractivity contribution in [3.05, 3.63) is 60.4 Å². The number of ether oxygens (including phenoxy) is 1. The van der Waals surface area contributed by atoms with Crippen LogP contribution in [0, 0.1) is 6.92 Å². The van der Waals surface area contributed by atoms with Gasteiger partial charge in [-0.25, -0.2) is 10.4 Å². The molecule has 7 heteroatoms. The number of nitrogens with one attached hydrogen (secondary N) is 2. The molecule has 2 atom stereocenters. The normalized spacial score (nSPS) is 18.8. The molecule has 4 rings (SSSR count). The summed E-state index contributed by atoms with van der Waals surface area (Å²) in [5.74, 6) is 1.87. The van der Waals surface area contributed by atoms with Crippen LogP contribution in [0.4, 0.5) is 0 Å². The predicted octanol–water partition coefficient (Wildman–Crippen LogP) is 2.12. The zero-order valence-electron chi connectivity index (χ0n) is 16.8. The maximum Gasteiger partial charge on any atom is 0.240 e. The standard InChI is InChI=1S/C22H27N5O2/c1-16-23-19-10-6-7-11-21(19)27(16)15-17-14-20(25-24-17)22(28)26(2)12-13-29-18-8-4-3-5-9-18/h3-11,17,20,24-25H,12-15H2,1-2H3. The lowest BCUT2D eigenvalue weighted by Crippen LogP contribution is -2.45. The number of aromatic nitrogens is 2. The van der Waals surface area contributed by atoms with E-state index in [1.165, 1.54) is 0 Å². The number of hydrogen-bond acceptors (Lipinski definition) is 5. The number of nitrogens with zero attached hydrogens (tertiary/aromatic N) is 3. The smallest absolute Gasteiger partial charge is 0.240 e. The SMILES string of the molecule is Cc1nc2ccccc2n1CC1CC(C(=O)N(C)CCOc2ccccc2)NN1. The molecule has 1 aromatic heterocycles. The number of imidazole rings is 1. The van der Waals surface area contributed by atoms with Gasteiger partial charge < -0.3 is 14.2 Å². The van der Waals surface area contributed by atoms with E-state index in [0.29, 0.717) is 13.2 Å². The van der Waals surface area contributed by atoms with Crippen LogP contribution in [-0.2, 0) is 11.3 Å². The molecule has 1 saturated heterocycles. The molecule has 1 fully saturated rings. The molecule has 0 saturated carbocycles. The molecular weight excluding hydrogens is 366 g/mol. The van der Waals surface area contributed by atoms with Crippen molar-refractivity contribution in [3.8, 4) is 5.75 Å². The van der Waals surface area contributed by atoms with E-state index >= 15 is 0 Å². The maximum atomic E-state index is 12.8. The van der Waals surface area contributed by atoms with Crippen molar-refractivity contribution in [2.24, 2.45) is 0 Å². The average Bonchev–Trinajstić information content (AvgIpc) is 3.33. The highest BCUT2D eigenvalue weighted by Crippen LogP contribution is 2.18. The van der Waals surface area contributed by atoms with E-state index in [1.807, 2.05) is 62.5 Å². The van der Waals surface area contributed by atoms with Gasteiger partial charge in [0.05, 0.1) is 17.6 Å². The lowest BCUT2D eigenvalue weighted by Gasteiger charge is -2.21. The fraction of sp³-hybridized carbons (Fsp3) is 0.364. The quantitative estimate of drug-likeness (QED) is 0.643. The first-order valence-electron chi connectivity index (χ1n) is 9.97. The van der Waals surface area contributed by atoms with Gasteiger partial charge in [-0.1, -0.05) is 30.3 Å². The summed E-state index contributed by atoms with van der Waals surface area (Å²) in [5, 5.41) is 0. The predicted molar refractivity (Wildman–Crippen MR) is 113 cm³/mol. The lowest BCUT2D eigenvalue weighted by molar-refractivity contribution is -0.132. The lowest BCUT2D eigenvalue weighted by atomic mass is 10.1. The third kappa shape index (κ3) is 4.41. The van der Waals surface area contributed by atoms with Crippen LogP contribution >= 0.6 is 0 Å². The third-order valence-corrected chi connectivity index (χ3v) is 5.34. The molecule has 7 nitrogen and oxygen atoms in total. The minimum Gasteiger partial charge on any atom is -0.492 e. The van der Waals surface area contributed by atoms with Crippen molar-refractivity contribution in [2.45, 2.75) is 32.0 Å².